The van der Waals surface area contributed by atoms with Gasteiger partial charge in [-0.15, -0.1) is 0 Å². The molecule has 0 aliphatic rings. The SMILES string of the molecule is CCOC(=O)c1ccnc(Nc2nc(C)cc(C)n2)c1. The number of nitrogens with one attached hydrogen (secondary N) is 1. The molecule has 0 saturated heterocycles. The third-order valence-corrected chi connectivity index (χ3v) is 2.49. The molecule has 0 bridgehead atoms. The second-order valence-electron chi connectivity index (χ2n) is 4.25. The topological polar surface area (TPSA) is 77.0 Å². The van der Waals surface area contributed by atoms with Gasteiger partial charge in [0.05, 0.1) is 12.2 Å². The van der Waals surface area contributed by atoms with Crippen LogP contribution in [0.2, 0.25) is 0 Å². The van der Waals surface area contributed by atoms with Gasteiger partial charge in [0.15, 0.2) is 0 Å². The molecular formula is C14H16N4O2. The van der Waals surface area contributed by atoms with Gasteiger partial charge < -0.3 is 10.1 Å². The molecule has 6 heteroatoms. The Morgan fingerprint density at radius 2 is 1.95 bits per heavy atom. The van der Waals surface area contributed by atoms with Gasteiger partial charge in [-0.3, -0.25) is 0 Å². The average molecular weight is 272 g/mol. The van der Waals surface area contributed by atoms with Crippen molar-refractivity contribution in [2.24, 2.45) is 0 Å². The third-order valence-electron chi connectivity index (χ3n) is 2.49. The summed E-state index contributed by atoms with van der Waals surface area (Å²) < 4.78 is 4.95. The lowest BCUT2D eigenvalue weighted by Crippen LogP contribution is -2.06. The van der Waals surface area contributed by atoms with Crippen LogP contribution in [0.5, 0.6) is 0 Å². The Morgan fingerprint density at radius 3 is 2.60 bits per heavy atom. The van der Waals surface area contributed by atoms with E-state index in [1.807, 2.05) is 19.9 Å². The number of hydrogen-bond acceptors (Lipinski definition) is 6. The predicted octanol–water partition coefficient (Wildman–Crippen LogP) is 2.41. The molecule has 20 heavy (non-hydrogen) atoms. The van der Waals surface area contributed by atoms with E-state index in [9.17, 15) is 4.79 Å². The molecule has 0 radical (unpaired) electrons. The number of anilines is 2. The lowest BCUT2D eigenvalue weighted by Gasteiger charge is -2.07. The maximum atomic E-state index is 11.6. The summed E-state index contributed by atoms with van der Waals surface area (Å²) in [7, 11) is 0. The lowest BCUT2D eigenvalue weighted by atomic mass is 10.2. The first kappa shape index (κ1) is 13.9. The van der Waals surface area contributed by atoms with E-state index >= 15 is 0 Å². The fourth-order valence-corrected chi connectivity index (χ4v) is 1.74. The van der Waals surface area contributed by atoms with Crippen molar-refractivity contribution in [2.75, 3.05) is 11.9 Å². The summed E-state index contributed by atoms with van der Waals surface area (Å²) in [5.41, 5.74) is 2.16. The zero-order valence-corrected chi connectivity index (χ0v) is 11.7. The summed E-state index contributed by atoms with van der Waals surface area (Å²) in [4.78, 5) is 24.3. The van der Waals surface area contributed by atoms with Gasteiger partial charge in [-0.25, -0.2) is 19.7 Å². The molecule has 2 rings (SSSR count). The normalized spacial score (nSPS) is 10.2. The van der Waals surface area contributed by atoms with Gasteiger partial charge in [0.2, 0.25) is 5.95 Å². The molecular weight excluding hydrogens is 256 g/mol. The molecule has 0 aromatic carbocycles. The molecule has 1 N–H and O–H groups in total. The molecule has 2 heterocycles. The highest BCUT2D eigenvalue weighted by molar-refractivity contribution is 5.90. The van der Waals surface area contributed by atoms with Crippen molar-refractivity contribution in [2.45, 2.75) is 20.8 Å². The number of aromatic nitrogens is 3. The maximum Gasteiger partial charge on any atom is 0.338 e. The lowest BCUT2D eigenvalue weighted by molar-refractivity contribution is 0.0526. The molecule has 0 fully saturated rings. The standard InChI is InChI=1S/C14H16N4O2/c1-4-20-13(19)11-5-6-15-12(8-11)18-14-16-9(2)7-10(3)17-14/h5-8H,4H2,1-3H3,(H,15,16,17,18). The van der Waals surface area contributed by atoms with Crippen LogP contribution in [0.1, 0.15) is 28.7 Å². The summed E-state index contributed by atoms with van der Waals surface area (Å²) in [6.07, 6.45) is 1.54. The van der Waals surface area contributed by atoms with Crippen molar-refractivity contribution in [1.29, 1.82) is 0 Å². The van der Waals surface area contributed by atoms with Gasteiger partial charge in [0.25, 0.3) is 0 Å². The van der Waals surface area contributed by atoms with E-state index in [0.29, 0.717) is 23.9 Å². The third kappa shape index (κ3) is 3.50. The second-order valence-corrected chi connectivity index (χ2v) is 4.25. The van der Waals surface area contributed by atoms with Crippen molar-refractivity contribution in [1.82, 2.24) is 15.0 Å². The molecule has 104 valence electrons. The van der Waals surface area contributed by atoms with Gasteiger partial charge in [0, 0.05) is 17.6 Å². The zero-order chi connectivity index (χ0) is 14.5. The number of pyridine rings is 1. The van der Waals surface area contributed by atoms with Crippen LogP contribution < -0.4 is 5.32 Å². The first-order chi connectivity index (χ1) is 9.58. The summed E-state index contributed by atoms with van der Waals surface area (Å²) >= 11 is 0. The molecule has 0 saturated carbocycles. The number of carbonyl (C=O) groups excluding carboxylic acids is 1. The first-order valence-electron chi connectivity index (χ1n) is 6.31. The Hall–Kier alpha value is -2.50. The van der Waals surface area contributed by atoms with Crippen LogP contribution in [-0.4, -0.2) is 27.5 Å². The monoisotopic (exact) mass is 272 g/mol. The molecule has 0 atom stereocenters. The summed E-state index contributed by atoms with van der Waals surface area (Å²) in [6, 6.07) is 5.10. The molecule has 0 aliphatic heterocycles. The Labute approximate surface area is 117 Å². The fraction of sp³-hybridized carbons (Fsp3) is 0.286. The number of carbonyl (C=O) groups is 1. The molecule has 0 spiro atoms. The fourth-order valence-electron chi connectivity index (χ4n) is 1.74. The van der Waals surface area contributed by atoms with E-state index in [2.05, 4.69) is 20.3 Å². The molecule has 0 unspecified atom stereocenters. The molecule has 2 aromatic rings. The van der Waals surface area contributed by atoms with E-state index in [0.717, 1.165) is 11.4 Å². The number of esters is 1. The van der Waals surface area contributed by atoms with Crippen molar-refractivity contribution >= 4 is 17.7 Å². The van der Waals surface area contributed by atoms with E-state index in [1.165, 1.54) is 6.20 Å². The maximum absolute atomic E-state index is 11.6. The average Bonchev–Trinajstić information content (AvgIpc) is 2.38. The molecule has 0 aliphatic carbocycles. The molecule has 0 amide bonds. The quantitative estimate of drug-likeness (QED) is 0.861. The smallest absolute Gasteiger partial charge is 0.338 e. The zero-order valence-electron chi connectivity index (χ0n) is 11.7. The van der Waals surface area contributed by atoms with Crippen molar-refractivity contribution in [3.05, 3.63) is 41.3 Å². The summed E-state index contributed by atoms with van der Waals surface area (Å²) in [5.74, 6) is 0.579. The van der Waals surface area contributed by atoms with Crippen molar-refractivity contribution in [3.63, 3.8) is 0 Å². The van der Waals surface area contributed by atoms with Gasteiger partial charge in [-0.2, -0.15) is 0 Å². The minimum Gasteiger partial charge on any atom is -0.462 e. The van der Waals surface area contributed by atoms with Crippen molar-refractivity contribution in [3.8, 4) is 0 Å². The van der Waals surface area contributed by atoms with Crippen LogP contribution in [0.4, 0.5) is 11.8 Å². The van der Waals surface area contributed by atoms with E-state index in [1.54, 1.807) is 19.1 Å². The highest BCUT2D eigenvalue weighted by atomic mass is 16.5. The Bertz CT molecular complexity index is 608. The second kappa shape index (κ2) is 6.10. The van der Waals surface area contributed by atoms with Gasteiger partial charge in [0.1, 0.15) is 5.82 Å². The van der Waals surface area contributed by atoms with Crippen LogP contribution in [0, 0.1) is 13.8 Å². The number of rotatable bonds is 4. The first-order valence-corrected chi connectivity index (χ1v) is 6.31. The van der Waals surface area contributed by atoms with Gasteiger partial charge >= 0.3 is 5.97 Å². The highest BCUT2D eigenvalue weighted by Crippen LogP contribution is 2.13. The largest absolute Gasteiger partial charge is 0.462 e. The summed E-state index contributed by atoms with van der Waals surface area (Å²) in [6.45, 7) is 5.89. The summed E-state index contributed by atoms with van der Waals surface area (Å²) in [5, 5.41) is 2.98. The highest BCUT2D eigenvalue weighted by Gasteiger charge is 2.08. The molecule has 2 aromatic heterocycles. The Balaban J connectivity index is 2.21. The Morgan fingerprint density at radius 1 is 1.25 bits per heavy atom. The number of hydrogen-bond donors (Lipinski definition) is 1. The minimum atomic E-state index is -0.376. The van der Waals surface area contributed by atoms with Crippen LogP contribution in [0.15, 0.2) is 24.4 Å². The van der Waals surface area contributed by atoms with Gasteiger partial charge in [-0.1, -0.05) is 0 Å². The number of aryl methyl sites for hydroxylation is 2. The minimum absolute atomic E-state index is 0.337. The van der Waals surface area contributed by atoms with Crippen LogP contribution in [0.25, 0.3) is 0 Å². The number of ether oxygens (including phenoxy) is 1. The van der Waals surface area contributed by atoms with E-state index < -0.39 is 0 Å². The van der Waals surface area contributed by atoms with Crippen LogP contribution in [-0.2, 0) is 4.74 Å². The van der Waals surface area contributed by atoms with E-state index in [-0.39, 0.29) is 5.97 Å². The van der Waals surface area contributed by atoms with E-state index in [4.69, 9.17) is 4.74 Å². The van der Waals surface area contributed by atoms with Crippen molar-refractivity contribution < 1.29 is 9.53 Å². The molecule has 6 nitrogen and oxygen atoms in total. The predicted molar refractivity (Wildman–Crippen MR) is 75.0 cm³/mol. The van der Waals surface area contributed by atoms with Crippen LogP contribution >= 0.6 is 0 Å². The number of nitrogens with zero attached hydrogens (tertiary/aromatic N) is 3. The van der Waals surface area contributed by atoms with Gasteiger partial charge in [-0.05, 0) is 39.0 Å². The van der Waals surface area contributed by atoms with Crippen LogP contribution in [0.3, 0.4) is 0 Å². The Kier molecular flexibility index (Phi) is 4.24.